The molecule has 1 aliphatic rings. The number of aliphatic imine (C=N–C) groups is 1. The van der Waals surface area contributed by atoms with Gasteiger partial charge in [-0.2, -0.15) is 13.2 Å². The van der Waals surface area contributed by atoms with Crippen LogP contribution in [0.3, 0.4) is 0 Å². The highest BCUT2D eigenvalue weighted by Gasteiger charge is 2.39. The summed E-state index contributed by atoms with van der Waals surface area (Å²) in [6.45, 7) is 9.95. The fourth-order valence-corrected chi connectivity index (χ4v) is 5.02. The number of benzene rings is 2. The molecule has 1 aromatic heterocycles. The van der Waals surface area contributed by atoms with Gasteiger partial charge in [0, 0.05) is 47.2 Å². The first-order chi connectivity index (χ1) is 17.8. The number of imidazole rings is 1. The average Bonchev–Trinajstić information content (AvgIpc) is 3.09. The summed E-state index contributed by atoms with van der Waals surface area (Å²) >= 11 is 1.57. The van der Waals surface area contributed by atoms with E-state index in [9.17, 15) is 22.0 Å². The Morgan fingerprint density at radius 2 is 1.58 bits per heavy atom. The fraction of sp³-hybridized carbons (Fsp3) is 0.379. The van der Waals surface area contributed by atoms with Crippen LogP contribution in [0.25, 0.3) is 28.6 Å². The summed E-state index contributed by atoms with van der Waals surface area (Å²) in [5.74, 6) is -2.14. The SMILES string of the molecule is CC.CCSc1cc(-c2ccc(C(C)(F)F)cc2)ccc1-c1nc2c(n1C)N=C(C)C(C)C(C(F)(F)F)=C2. The number of aromatic nitrogens is 2. The van der Waals surface area contributed by atoms with E-state index in [0.29, 0.717) is 17.4 Å². The number of thioether (sulfide) groups is 1. The van der Waals surface area contributed by atoms with Crippen LogP contribution in [0, 0.1) is 5.92 Å². The predicted octanol–water partition coefficient (Wildman–Crippen LogP) is 9.69. The lowest BCUT2D eigenvalue weighted by Gasteiger charge is -2.17. The van der Waals surface area contributed by atoms with Gasteiger partial charge in [0.05, 0.1) is 0 Å². The molecule has 2 heterocycles. The quantitative estimate of drug-likeness (QED) is 0.234. The van der Waals surface area contributed by atoms with Gasteiger partial charge in [0.25, 0.3) is 5.92 Å². The lowest BCUT2D eigenvalue weighted by atomic mass is 9.96. The minimum Gasteiger partial charge on any atom is -0.312 e. The van der Waals surface area contributed by atoms with Crippen molar-refractivity contribution in [3.63, 3.8) is 0 Å². The van der Waals surface area contributed by atoms with E-state index in [1.165, 1.54) is 19.1 Å². The summed E-state index contributed by atoms with van der Waals surface area (Å²) in [7, 11) is 1.74. The summed E-state index contributed by atoms with van der Waals surface area (Å²) in [5.41, 5.74) is 2.21. The molecule has 0 spiro atoms. The molecule has 0 saturated carbocycles. The maximum atomic E-state index is 13.7. The monoisotopic (exact) mass is 549 g/mol. The van der Waals surface area contributed by atoms with Crippen molar-refractivity contribution in [3.8, 4) is 22.5 Å². The van der Waals surface area contributed by atoms with Gasteiger partial charge in [0.2, 0.25) is 0 Å². The number of allylic oxidation sites excluding steroid dienone is 1. The summed E-state index contributed by atoms with van der Waals surface area (Å²) in [6.07, 6.45) is -3.40. The Morgan fingerprint density at radius 1 is 0.974 bits per heavy atom. The predicted molar refractivity (Wildman–Crippen MR) is 147 cm³/mol. The van der Waals surface area contributed by atoms with E-state index in [0.717, 1.165) is 40.3 Å². The van der Waals surface area contributed by atoms with Crippen molar-refractivity contribution in [1.29, 1.82) is 0 Å². The van der Waals surface area contributed by atoms with Crippen molar-refractivity contribution in [2.24, 2.45) is 18.0 Å². The zero-order valence-corrected chi connectivity index (χ0v) is 23.4. The maximum absolute atomic E-state index is 13.7. The maximum Gasteiger partial charge on any atom is 0.413 e. The second-order valence-electron chi connectivity index (χ2n) is 8.89. The van der Waals surface area contributed by atoms with E-state index < -0.39 is 23.6 Å². The first kappa shape index (κ1) is 29.6. The van der Waals surface area contributed by atoms with Crippen molar-refractivity contribution in [2.45, 2.75) is 58.5 Å². The van der Waals surface area contributed by atoms with Gasteiger partial charge in [0.15, 0.2) is 5.82 Å². The molecule has 0 aliphatic carbocycles. The standard InChI is InChI=1S/C27H26F5N3S.C2H6/c1-6-36-23-13-18(17-7-10-19(11-8-17)26(4,28)29)9-12-20(23)24-34-22-14-21(27(30,31)32)15(2)16(3)33-25(22)35(24)5;1-2/h7-15H,6H2,1-5H3;1-2H3. The molecule has 204 valence electrons. The van der Waals surface area contributed by atoms with Crippen LogP contribution in [0.2, 0.25) is 0 Å². The number of hydrogen-bond donors (Lipinski definition) is 0. The summed E-state index contributed by atoms with van der Waals surface area (Å²) in [4.78, 5) is 9.96. The third-order valence-corrected chi connectivity index (χ3v) is 7.27. The van der Waals surface area contributed by atoms with E-state index in [2.05, 4.69) is 9.98 Å². The van der Waals surface area contributed by atoms with Gasteiger partial charge in [-0.25, -0.2) is 18.8 Å². The van der Waals surface area contributed by atoms with Gasteiger partial charge in [0.1, 0.15) is 11.5 Å². The van der Waals surface area contributed by atoms with Crippen molar-refractivity contribution in [2.75, 3.05) is 5.75 Å². The largest absolute Gasteiger partial charge is 0.413 e. The summed E-state index contributed by atoms with van der Waals surface area (Å²) < 4.78 is 70.1. The molecule has 1 aliphatic heterocycles. The molecular weight excluding hydrogens is 517 g/mol. The van der Waals surface area contributed by atoms with Crippen LogP contribution in [-0.2, 0) is 13.0 Å². The summed E-state index contributed by atoms with van der Waals surface area (Å²) in [5, 5.41) is 0. The second kappa shape index (κ2) is 11.4. The Labute approximate surface area is 224 Å². The highest BCUT2D eigenvalue weighted by molar-refractivity contribution is 7.99. The molecule has 38 heavy (non-hydrogen) atoms. The van der Waals surface area contributed by atoms with Crippen molar-refractivity contribution < 1.29 is 22.0 Å². The van der Waals surface area contributed by atoms with E-state index in [4.69, 9.17) is 0 Å². The third-order valence-electron chi connectivity index (χ3n) is 6.33. The van der Waals surface area contributed by atoms with Crippen LogP contribution in [0.4, 0.5) is 27.8 Å². The van der Waals surface area contributed by atoms with Crippen LogP contribution in [0.15, 0.2) is 57.9 Å². The molecule has 2 aromatic carbocycles. The zero-order chi connectivity index (χ0) is 28.4. The normalized spacial score (nSPS) is 15.6. The molecule has 1 unspecified atom stereocenters. The van der Waals surface area contributed by atoms with E-state index in [1.54, 1.807) is 42.4 Å². The second-order valence-corrected chi connectivity index (χ2v) is 10.2. The van der Waals surface area contributed by atoms with Crippen molar-refractivity contribution in [1.82, 2.24) is 9.55 Å². The Morgan fingerprint density at radius 3 is 2.13 bits per heavy atom. The number of rotatable bonds is 5. The minimum atomic E-state index is -4.49. The summed E-state index contributed by atoms with van der Waals surface area (Å²) in [6, 6.07) is 11.8. The zero-order valence-electron chi connectivity index (χ0n) is 22.5. The topological polar surface area (TPSA) is 30.2 Å². The first-order valence-electron chi connectivity index (χ1n) is 12.5. The number of nitrogens with zero attached hydrogens (tertiary/aromatic N) is 3. The number of halogens is 5. The van der Waals surface area contributed by atoms with Crippen LogP contribution in [-0.4, -0.2) is 27.2 Å². The number of fused-ring (bicyclic) bond motifs is 1. The lowest BCUT2D eigenvalue weighted by Crippen LogP contribution is -2.22. The van der Waals surface area contributed by atoms with Crippen molar-refractivity contribution >= 4 is 29.4 Å². The van der Waals surface area contributed by atoms with Crippen molar-refractivity contribution in [3.05, 3.63) is 59.3 Å². The highest BCUT2D eigenvalue weighted by atomic mass is 32.2. The molecule has 0 radical (unpaired) electrons. The van der Waals surface area contributed by atoms with Gasteiger partial charge in [-0.15, -0.1) is 11.8 Å². The minimum absolute atomic E-state index is 0.0583. The van der Waals surface area contributed by atoms with Crippen LogP contribution < -0.4 is 0 Å². The Balaban J connectivity index is 0.00000195. The molecule has 0 bridgehead atoms. The van der Waals surface area contributed by atoms with Crippen LogP contribution in [0.5, 0.6) is 0 Å². The number of alkyl halides is 5. The molecule has 3 nitrogen and oxygen atoms in total. The molecule has 4 rings (SSSR count). The molecule has 0 N–H and O–H groups in total. The van der Waals surface area contributed by atoms with E-state index in [1.807, 2.05) is 39.0 Å². The van der Waals surface area contributed by atoms with Crippen LogP contribution in [0.1, 0.15) is 52.8 Å². The molecule has 0 fully saturated rings. The van der Waals surface area contributed by atoms with Gasteiger partial charge < -0.3 is 4.57 Å². The molecule has 3 aromatic rings. The van der Waals surface area contributed by atoms with E-state index >= 15 is 0 Å². The third kappa shape index (κ3) is 6.03. The van der Waals surface area contributed by atoms with Gasteiger partial charge >= 0.3 is 6.18 Å². The molecular formula is C29H32F5N3S. The molecule has 0 amide bonds. The van der Waals surface area contributed by atoms with Gasteiger partial charge in [-0.1, -0.05) is 58.0 Å². The molecule has 0 saturated heterocycles. The number of hydrogen-bond acceptors (Lipinski definition) is 3. The molecule has 1 atom stereocenters. The van der Waals surface area contributed by atoms with Gasteiger partial charge in [-0.05, 0) is 42.0 Å². The Kier molecular flexibility index (Phi) is 8.91. The van der Waals surface area contributed by atoms with E-state index in [-0.39, 0.29) is 11.3 Å². The van der Waals surface area contributed by atoms with Crippen LogP contribution >= 0.6 is 11.8 Å². The Bertz CT molecular complexity index is 1350. The highest BCUT2D eigenvalue weighted by Crippen LogP contribution is 2.41. The first-order valence-corrected chi connectivity index (χ1v) is 13.5. The lowest BCUT2D eigenvalue weighted by molar-refractivity contribution is -0.0949. The molecule has 9 heteroatoms. The fourth-order valence-electron chi connectivity index (χ4n) is 4.19. The van der Waals surface area contributed by atoms with Gasteiger partial charge in [-0.3, -0.25) is 0 Å². The average molecular weight is 550 g/mol. The Hall–Kier alpha value is -2.94. The smallest absolute Gasteiger partial charge is 0.312 e.